The minimum absolute atomic E-state index is 0.449. The van der Waals surface area contributed by atoms with Gasteiger partial charge in [0.05, 0.1) is 11.0 Å². The molecule has 0 radical (unpaired) electrons. The predicted octanol–water partition coefficient (Wildman–Crippen LogP) is 9.03. The van der Waals surface area contributed by atoms with Crippen LogP contribution in [0.15, 0.2) is 102 Å². The van der Waals surface area contributed by atoms with Crippen molar-refractivity contribution in [3.8, 4) is 16.9 Å². The van der Waals surface area contributed by atoms with Gasteiger partial charge in [0.15, 0.2) is 0 Å². The maximum absolute atomic E-state index is 5.38. The van der Waals surface area contributed by atoms with Gasteiger partial charge in [-0.05, 0) is 79.7 Å². The van der Waals surface area contributed by atoms with Crippen LogP contribution in [0.3, 0.4) is 0 Å². The Balaban J connectivity index is 1.25. The fourth-order valence-corrected chi connectivity index (χ4v) is 8.44. The Hall–Kier alpha value is -4.38. The zero-order chi connectivity index (χ0) is 28.7. The van der Waals surface area contributed by atoms with E-state index in [1.165, 1.54) is 64.2 Å². The smallest absolute Gasteiger partial charge is 0.233 e. The molecule has 0 spiro atoms. The Morgan fingerprint density at radius 2 is 1.23 bits per heavy atom. The predicted molar refractivity (Wildman–Crippen MR) is 177 cm³/mol. The lowest BCUT2D eigenvalue weighted by Crippen LogP contribution is -2.33. The van der Waals surface area contributed by atoms with Crippen molar-refractivity contribution >= 4 is 33.6 Å². The number of benzene rings is 3. The van der Waals surface area contributed by atoms with Gasteiger partial charge in [-0.25, -0.2) is 0 Å². The van der Waals surface area contributed by atoms with Gasteiger partial charge < -0.3 is 9.80 Å². The fourth-order valence-electron chi connectivity index (χ4n) is 8.44. The first kappa shape index (κ1) is 25.1. The van der Waals surface area contributed by atoms with Crippen LogP contribution in [0.2, 0.25) is 0 Å². The summed E-state index contributed by atoms with van der Waals surface area (Å²) in [5.74, 6) is 4.23. The van der Waals surface area contributed by atoms with Crippen LogP contribution < -0.4 is 9.80 Å². The second kappa shape index (κ2) is 9.57. The molecular formula is C38H37N5. The first-order valence-electron chi connectivity index (χ1n) is 16.0. The van der Waals surface area contributed by atoms with E-state index in [9.17, 15) is 0 Å². The summed E-state index contributed by atoms with van der Waals surface area (Å²) in [5.41, 5.74) is 7.92. The second-order valence-corrected chi connectivity index (χ2v) is 13.5. The van der Waals surface area contributed by atoms with Crippen molar-refractivity contribution < 1.29 is 0 Å². The first-order valence-corrected chi connectivity index (χ1v) is 16.0. The summed E-state index contributed by atoms with van der Waals surface area (Å²) >= 11 is 0. The largest absolute Gasteiger partial charge is 0.329 e. The zero-order valence-corrected chi connectivity index (χ0v) is 24.9. The normalized spacial score (nSPS) is 24.6. The van der Waals surface area contributed by atoms with Crippen LogP contribution in [-0.4, -0.2) is 26.6 Å². The molecule has 4 heterocycles. The molecule has 4 bridgehead atoms. The van der Waals surface area contributed by atoms with E-state index in [-0.39, 0.29) is 0 Å². The molecule has 4 atom stereocenters. The number of hydrogen-bond acceptors (Lipinski definition) is 4. The molecule has 5 heteroatoms. The number of aromatic nitrogens is 3. The van der Waals surface area contributed by atoms with Gasteiger partial charge in [-0.2, -0.15) is 9.97 Å². The molecule has 2 fully saturated rings. The van der Waals surface area contributed by atoms with Crippen LogP contribution >= 0.6 is 0 Å². The lowest BCUT2D eigenvalue weighted by atomic mass is 9.86. The van der Waals surface area contributed by atoms with Gasteiger partial charge in [-0.1, -0.05) is 79.6 Å². The molecule has 214 valence electrons. The number of anilines is 2. The summed E-state index contributed by atoms with van der Waals surface area (Å²) in [4.78, 5) is 15.6. The standard InChI is InChI=1S/C38H37N5/c1-24-14-26-18-30(16-24)41(22-26)36-21-37(40-38(39-36)42-23-27-15-25(2)17-31(42)19-27)43-34-11-7-6-10-32(34)33-20-29(12-13-35(33)43)28-8-4-3-5-9-28/h3-13,20-25,30-31H,14-19H2,1-2H3. The molecule has 2 aliphatic carbocycles. The molecule has 0 saturated heterocycles. The van der Waals surface area contributed by atoms with Gasteiger partial charge >= 0.3 is 0 Å². The average molecular weight is 564 g/mol. The summed E-state index contributed by atoms with van der Waals surface area (Å²) in [6, 6.07) is 29.5. The van der Waals surface area contributed by atoms with Crippen molar-refractivity contribution in [3.63, 3.8) is 0 Å². The van der Waals surface area contributed by atoms with Gasteiger partial charge in [0.2, 0.25) is 5.95 Å². The van der Waals surface area contributed by atoms with Crippen LogP contribution in [0.1, 0.15) is 52.4 Å². The Morgan fingerprint density at radius 3 is 2.02 bits per heavy atom. The van der Waals surface area contributed by atoms with E-state index in [4.69, 9.17) is 9.97 Å². The minimum Gasteiger partial charge on any atom is -0.329 e. The molecule has 3 aromatic carbocycles. The highest BCUT2D eigenvalue weighted by Crippen LogP contribution is 2.43. The molecule has 5 nitrogen and oxygen atoms in total. The van der Waals surface area contributed by atoms with E-state index < -0.39 is 0 Å². The van der Waals surface area contributed by atoms with Crippen LogP contribution in [0, 0.1) is 11.8 Å². The van der Waals surface area contributed by atoms with E-state index in [1.807, 2.05) is 0 Å². The number of fused-ring (bicyclic) bond motifs is 7. The van der Waals surface area contributed by atoms with Crippen molar-refractivity contribution in [1.29, 1.82) is 0 Å². The van der Waals surface area contributed by atoms with Gasteiger partial charge in [0.25, 0.3) is 0 Å². The SMILES string of the molecule is CC1CC2=CN(c3cc(-n4c5ccccc5c5cc(-c6ccccc6)ccc54)nc(N4C=C5CC(C)CC4C5)n3)C(C2)C1. The highest BCUT2D eigenvalue weighted by Gasteiger charge is 2.36. The van der Waals surface area contributed by atoms with E-state index in [0.717, 1.165) is 36.3 Å². The molecule has 5 aromatic rings. The molecule has 2 aliphatic heterocycles. The summed E-state index contributed by atoms with van der Waals surface area (Å²) in [6.45, 7) is 4.77. The molecule has 9 rings (SSSR count). The van der Waals surface area contributed by atoms with Crippen molar-refractivity contribution in [2.75, 3.05) is 9.80 Å². The van der Waals surface area contributed by atoms with E-state index in [2.05, 4.69) is 119 Å². The molecule has 0 amide bonds. The van der Waals surface area contributed by atoms with Gasteiger partial charge in [-0.15, -0.1) is 0 Å². The van der Waals surface area contributed by atoms with E-state index in [0.29, 0.717) is 18.0 Å². The minimum atomic E-state index is 0.449. The maximum Gasteiger partial charge on any atom is 0.233 e. The molecular weight excluding hydrogens is 526 g/mol. The van der Waals surface area contributed by atoms with Crippen LogP contribution in [0.4, 0.5) is 11.8 Å². The third kappa shape index (κ3) is 4.12. The molecule has 2 saturated carbocycles. The summed E-state index contributed by atoms with van der Waals surface area (Å²) < 4.78 is 2.37. The molecule has 43 heavy (non-hydrogen) atoms. The molecule has 0 N–H and O–H groups in total. The van der Waals surface area contributed by atoms with Crippen molar-refractivity contribution in [2.24, 2.45) is 11.8 Å². The molecule has 4 aliphatic rings. The van der Waals surface area contributed by atoms with Crippen molar-refractivity contribution in [1.82, 2.24) is 14.5 Å². The number of nitrogens with zero attached hydrogens (tertiary/aromatic N) is 5. The Morgan fingerprint density at radius 1 is 0.581 bits per heavy atom. The molecule has 2 aromatic heterocycles. The highest BCUT2D eigenvalue weighted by molar-refractivity contribution is 6.10. The third-order valence-corrected chi connectivity index (χ3v) is 10.2. The zero-order valence-electron chi connectivity index (χ0n) is 24.9. The topological polar surface area (TPSA) is 37.2 Å². The van der Waals surface area contributed by atoms with Crippen molar-refractivity contribution in [2.45, 2.75) is 64.5 Å². The van der Waals surface area contributed by atoms with Crippen LogP contribution in [0.25, 0.3) is 38.8 Å². The quantitative estimate of drug-likeness (QED) is 0.219. The number of hydrogen-bond donors (Lipinski definition) is 0. The second-order valence-electron chi connectivity index (χ2n) is 13.5. The first-order chi connectivity index (χ1) is 21.1. The summed E-state index contributed by atoms with van der Waals surface area (Å²) in [7, 11) is 0. The van der Waals surface area contributed by atoms with Crippen LogP contribution in [0.5, 0.6) is 0 Å². The van der Waals surface area contributed by atoms with Crippen LogP contribution in [-0.2, 0) is 0 Å². The van der Waals surface area contributed by atoms with E-state index in [1.54, 1.807) is 5.57 Å². The number of para-hydroxylation sites is 1. The monoisotopic (exact) mass is 563 g/mol. The fraction of sp³-hybridized carbons (Fsp3) is 0.316. The van der Waals surface area contributed by atoms with Gasteiger partial charge in [0.1, 0.15) is 11.6 Å². The summed E-state index contributed by atoms with van der Waals surface area (Å²) in [5, 5.41) is 2.50. The van der Waals surface area contributed by atoms with Gasteiger partial charge in [0, 0.05) is 41.3 Å². The Kier molecular flexibility index (Phi) is 5.59. The molecule has 4 unspecified atom stereocenters. The lowest BCUT2D eigenvalue weighted by Gasteiger charge is -2.31. The van der Waals surface area contributed by atoms with Crippen molar-refractivity contribution in [3.05, 3.63) is 102 Å². The van der Waals surface area contributed by atoms with E-state index >= 15 is 0 Å². The Bertz CT molecular complexity index is 1890. The highest BCUT2D eigenvalue weighted by atomic mass is 15.3. The average Bonchev–Trinajstić information content (AvgIpc) is 3.64. The Labute approximate surface area is 253 Å². The lowest BCUT2D eigenvalue weighted by molar-refractivity contribution is 0.420. The maximum atomic E-state index is 5.38. The summed E-state index contributed by atoms with van der Waals surface area (Å²) in [6.07, 6.45) is 11.8. The third-order valence-electron chi connectivity index (χ3n) is 10.2. The number of rotatable bonds is 4. The van der Waals surface area contributed by atoms with Gasteiger partial charge in [-0.3, -0.25) is 4.57 Å².